The van der Waals surface area contributed by atoms with Crippen LogP contribution in [0.5, 0.6) is 0 Å². The van der Waals surface area contributed by atoms with Crippen molar-refractivity contribution >= 4 is 65.5 Å². The molecule has 346 valence electrons. The zero-order valence-electron chi connectivity index (χ0n) is 31.5. The fourth-order valence-electron chi connectivity index (χ4n) is 1.82. The molecule has 0 radical (unpaired) electrons. The van der Waals surface area contributed by atoms with Crippen LogP contribution in [0.3, 0.4) is 0 Å². The largest absolute Gasteiger partial charge is 0.481 e. The summed E-state index contributed by atoms with van der Waals surface area (Å²) in [5, 5.41) is 80.3. The molecule has 31 heteroatoms. The Kier molecular flexibility index (Phi) is 49.2. The number of hydrogen-bond acceptors (Lipinski definition) is 20. The quantitative estimate of drug-likeness (QED) is 0.0509. The van der Waals surface area contributed by atoms with Crippen LogP contribution in [0.15, 0.2) is 0 Å². The summed E-state index contributed by atoms with van der Waals surface area (Å²) in [6.07, 6.45) is 0.145. The Bertz CT molecular complexity index is 1140. The molecule has 3 amide bonds. The van der Waals surface area contributed by atoms with Crippen LogP contribution in [0.4, 0.5) is 0 Å². The summed E-state index contributed by atoms with van der Waals surface area (Å²) in [4.78, 5) is 109. The Morgan fingerprint density at radius 2 is 0.508 bits per heavy atom. The zero-order chi connectivity index (χ0) is 48.6. The highest BCUT2D eigenvalue weighted by atomic mass is 16.4. The fourth-order valence-corrected chi connectivity index (χ4v) is 1.82. The molecule has 0 fully saturated rings. The first-order chi connectivity index (χ1) is 26.8. The highest BCUT2D eigenvalue weighted by Crippen LogP contribution is 1.95. The van der Waals surface area contributed by atoms with E-state index in [1.165, 1.54) is 0 Å². The summed E-state index contributed by atoms with van der Waals surface area (Å²) in [7, 11) is 0. The maximum absolute atomic E-state index is 10.1. The molecule has 0 saturated heterocycles. The van der Waals surface area contributed by atoms with Crippen LogP contribution in [-0.2, 0) is 52.7 Å². The van der Waals surface area contributed by atoms with Gasteiger partial charge in [-0.25, -0.2) is 0 Å². The molecule has 0 aliphatic carbocycles. The Morgan fingerprint density at radius 3 is 0.593 bits per heavy atom. The monoisotopic (exact) mass is 870 g/mol. The van der Waals surface area contributed by atoms with Gasteiger partial charge in [0.05, 0.1) is 19.8 Å². The second-order valence-electron chi connectivity index (χ2n) is 10.6. The molecule has 0 bridgehead atoms. The minimum absolute atomic E-state index is 0.0213. The molecule has 0 heterocycles. The van der Waals surface area contributed by atoms with Gasteiger partial charge in [-0.1, -0.05) is 0 Å². The van der Waals surface area contributed by atoms with E-state index < -0.39 is 115 Å². The van der Waals surface area contributed by atoms with Gasteiger partial charge in [0.25, 0.3) is 0 Å². The molecule has 31 nitrogen and oxygen atoms in total. The van der Waals surface area contributed by atoms with E-state index in [1.54, 1.807) is 0 Å². The zero-order valence-corrected chi connectivity index (χ0v) is 31.5. The number of aliphatic hydroxyl groups excluding tert-OH is 2. The highest BCUT2D eigenvalue weighted by molar-refractivity contribution is 5.78. The lowest BCUT2D eigenvalue weighted by molar-refractivity contribution is -0.141. The number of rotatable bonds is 21. The number of amides is 3. The van der Waals surface area contributed by atoms with E-state index in [-0.39, 0.29) is 57.9 Å². The van der Waals surface area contributed by atoms with Crippen molar-refractivity contribution in [2.24, 2.45) is 57.3 Å². The molecule has 0 aliphatic rings. The Balaban J connectivity index is -0.000000108. The summed E-state index contributed by atoms with van der Waals surface area (Å²) < 4.78 is 0. The smallest absolute Gasteiger partial charge is 0.322 e. The van der Waals surface area contributed by atoms with Gasteiger partial charge >= 0.3 is 47.8 Å². The van der Waals surface area contributed by atoms with Crippen molar-refractivity contribution in [1.29, 1.82) is 0 Å². The summed E-state index contributed by atoms with van der Waals surface area (Å²) in [5.41, 5.74) is 48.5. The summed E-state index contributed by atoms with van der Waals surface area (Å²) in [5.74, 6) is -10.4. The van der Waals surface area contributed by atoms with Gasteiger partial charge in [0, 0.05) is 25.7 Å². The lowest BCUT2D eigenvalue weighted by atomic mass is 10.2. The van der Waals surface area contributed by atoms with Crippen molar-refractivity contribution < 1.29 is 104 Å². The molecule has 0 unspecified atom stereocenters. The standard InChI is InChI=1S/3C5H10N2O3.C5H9NO4.2C3H7NO3.C2H5NO2/c4*6-3(5(9)10)1-2-4(7)8;2*4-2(1-5)3(6)7;3-1-2(4)5/h3*3H,1-2,6H2,(H2,7,8)(H,9,10);3H,1-2,6H2,(H,7,8)(H,9,10);2*2,5H,1,4H2,(H,6,7);1,3H2,(H,4,5)/t4*3-;2*2-;/m000000./s1. The van der Waals surface area contributed by atoms with Crippen LogP contribution < -0.4 is 57.3 Å². The first kappa shape index (κ1) is 67.5. The number of nitrogens with two attached hydrogens (primary N) is 10. The second kappa shape index (κ2) is 42.9. The number of carboxylic acids is 8. The van der Waals surface area contributed by atoms with Crippen molar-refractivity contribution in [3.8, 4) is 0 Å². The van der Waals surface area contributed by atoms with E-state index >= 15 is 0 Å². The summed E-state index contributed by atoms with van der Waals surface area (Å²) >= 11 is 0. The van der Waals surface area contributed by atoms with Gasteiger partial charge in [-0.05, 0) is 25.7 Å². The molecule has 0 aromatic rings. The molecule has 0 rings (SSSR count). The van der Waals surface area contributed by atoms with Crippen molar-refractivity contribution in [3.05, 3.63) is 0 Å². The van der Waals surface area contributed by atoms with Crippen LogP contribution >= 0.6 is 0 Å². The minimum Gasteiger partial charge on any atom is -0.481 e. The van der Waals surface area contributed by atoms with E-state index in [9.17, 15) is 52.7 Å². The number of aliphatic hydroxyl groups is 2. The number of aliphatic carboxylic acids is 8. The van der Waals surface area contributed by atoms with E-state index in [2.05, 4.69) is 5.73 Å². The lowest BCUT2D eigenvalue weighted by Gasteiger charge is -2.01. The molecule has 0 spiro atoms. The average molecular weight is 871 g/mol. The molecular weight excluding hydrogens is 812 g/mol. The number of hydrogen-bond donors (Lipinski definition) is 20. The molecular formula is C28H58N10O21. The molecule has 0 aliphatic heterocycles. The second-order valence-corrected chi connectivity index (χ2v) is 10.6. The Morgan fingerprint density at radius 1 is 0.339 bits per heavy atom. The molecule has 0 aromatic carbocycles. The lowest BCUT2D eigenvalue weighted by Crippen LogP contribution is -2.33. The van der Waals surface area contributed by atoms with Gasteiger partial charge in [-0.15, -0.1) is 0 Å². The predicted molar refractivity (Wildman–Crippen MR) is 197 cm³/mol. The molecule has 30 N–H and O–H groups in total. The van der Waals surface area contributed by atoms with Gasteiger partial charge in [-0.3, -0.25) is 52.7 Å². The Labute approximate surface area is 334 Å². The van der Waals surface area contributed by atoms with Crippen LogP contribution in [0.1, 0.15) is 51.4 Å². The first-order valence-corrected chi connectivity index (χ1v) is 15.9. The maximum atomic E-state index is 10.1. The molecule has 0 saturated carbocycles. The van der Waals surface area contributed by atoms with Gasteiger partial charge in [0.1, 0.15) is 36.3 Å². The summed E-state index contributed by atoms with van der Waals surface area (Å²) in [6.45, 7) is -1.29. The third kappa shape index (κ3) is 67.0. The van der Waals surface area contributed by atoms with Crippen LogP contribution in [0.2, 0.25) is 0 Å². The highest BCUT2D eigenvalue weighted by Gasteiger charge is 2.14. The first-order valence-electron chi connectivity index (χ1n) is 15.9. The predicted octanol–water partition coefficient (Wildman–Crippen LogP) is -8.93. The van der Waals surface area contributed by atoms with Crippen molar-refractivity contribution in [2.45, 2.75) is 87.6 Å². The minimum atomic E-state index is -1.18. The third-order valence-corrected chi connectivity index (χ3v) is 5.25. The number of carbonyl (C=O) groups is 11. The average Bonchev–Trinajstić information content (AvgIpc) is 3.14. The van der Waals surface area contributed by atoms with Crippen LogP contribution in [0.25, 0.3) is 0 Å². The van der Waals surface area contributed by atoms with E-state index in [4.69, 9.17) is 103 Å². The van der Waals surface area contributed by atoms with Gasteiger partial charge in [-0.2, -0.15) is 0 Å². The van der Waals surface area contributed by atoms with E-state index in [0.717, 1.165) is 0 Å². The van der Waals surface area contributed by atoms with Crippen LogP contribution in [-0.4, -0.2) is 173 Å². The number of carboxylic acid groups (broad SMARTS) is 8. The number of primary amides is 3. The van der Waals surface area contributed by atoms with Gasteiger partial charge < -0.3 is 108 Å². The Hall–Kier alpha value is -6.19. The van der Waals surface area contributed by atoms with Gasteiger partial charge in [0.2, 0.25) is 17.7 Å². The third-order valence-electron chi connectivity index (χ3n) is 5.25. The fraction of sp³-hybridized carbons (Fsp3) is 0.607. The normalized spacial score (nSPS) is 12.3. The topological polar surface area (TPSA) is 650 Å². The van der Waals surface area contributed by atoms with Crippen molar-refractivity contribution in [2.75, 3.05) is 19.8 Å². The maximum Gasteiger partial charge on any atom is 0.322 e. The van der Waals surface area contributed by atoms with E-state index in [1.807, 2.05) is 0 Å². The van der Waals surface area contributed by atoms with Crippen LogP contribution in [0, 0.1) is 0 Å². The van der Waals surface area contributed by atoms with Crippen molar-refractivity contribution in [3.63, 3.8) is 0 Å². The van der Waals surface area contributed by atoms with Crippen molar-refractivity contribution in [1.82, 2.24) is 0 Å². The van der Waals surface area contributed by atoms with Gasteiger partial charge in [0.15, 0.2) is 0 Å². The molecule has 6 atom stereocenters. The molecule has 0 aromatic heterocycles. The SMILES string of the molecule is NC(=O)CC[C@H](N)C(=O)O.NC(=O)CC[C@H](N)C(=O)O.NC(=O)CC[C@H](N)C(=O)O.NCC(=O)O.N[C@@H](CCC(=O)O)C(=O)O.N[C@@H](CO)C(=O)O.N[C@@H](CO)C(=O)O. The van der Waals surface area contributed by atoms with E-state index in [0.29, 0.717) is 0 Å². The summed E-state index contributed by atoms with van der Waals surface area (Å²) in [6, 6.07) is -6.25. The number of carbonyl (C=O) groups excluding carboxylic acids is 3. The molecule has 59 heavy (non-hydrogen) atoms.